The molecule has 0 saturated heterocycles. The molecule has 0 amide bonds. The first-order chi connectivity index (χ1) is 22.8. The highest BCUT2D eigenvalue weighted by Gasteiger charge is 2.35. The SMILES string of the molecule is N#Cc1ccc(S(c2ccccc2)(c2ccccc2)c2ccccc2)c(-c2ccc(-n3c4ccccc4c4ccccc43)cc2)c1. The lowest BCUT2D eigenvalue weighted by atomic mass is 10.0. The summed E-state index contributed by atoms with van der Waals surface area (Å²) in [5.74, 6) is 0. The highest BCUT2D eigenvalue weighted by atomic mass is 32.3. The number of benzene rings is 7. The largest absolute Gasteiger partial charge is 0.309 e. The zero-order chi connectivity index (χ0) is 30.9. The normalized spacial score (nSPS) is 11.8. The zero-order valence-electron chi connectivity index (χ0n) is 25.1. The molecule has 0 aliphatic heterocycles. The van der Waals surface area contributed by atoms with E-state index in [2.05, 4.69) is 187 Å². The van der Waals surface area contributed by atoms with Gasteiger partial charge in [0.05, 0.1) is 22.7 Å². The van der Waals surface area contributed by atoms with Gasteiger partial charge in [0.25, 0.3) is 0 Å². The van der Waals surface area contributed by atoms with Crippen LogP contribution in [0.4, 0.5) is 0 Å². The van der Waals surface area contributed by atoms with E-state index >= 15 is 0 Å². The Morgan fingerprint density at radius 1 is 0.457 bits per heavy atom. The van der Waals surface area contributed by atoms with E-state index in [9.17, 15) is 5.26 Å². The second kappa shape index (κ2) is 11.6. The lowest BCUT2D eigenvalue weighted by Gasteiger charge is -2.43. The summed E-state index contributed by atoms with van der Waals surface area (Å²) in [7, 11) is -1.94. The molecule has 0 fully saturated rings. The zero-order valence-corrected chi connectivity index (χ0v) is 25.9. The number of hydrogen-bond acceptors (Lipinski definition) is 1. The Kier molecular flexibility index (Phi) is 6.99. The molecule has 7 aromatic carbocycles. The smallest absolute Gasteiger partial charge is 0.0991 e. The van der Waals surface area contributed by atoms with E-state index in [1.54, 1.807) is 0 Å². The fourth-order valence-electron chi connectivity index (χ4n) is 6.75. The van der Waals surface area contributed by atoms with Crippen molar-refractivity contribution in [3.05, 3.63) is 188 Å². The van der Waals surface area contributed by atoms with E-state index < -0.39 is 10.0 Å². The van der Waals surface area contributed by atoms with Crippen LogP contribution < -0.4 is 0 Å². The second-order valence-corrected chi connectivity index (χ2v) is 14.4. The molecule has 3 heteroatoms. The number of para-hydroxylation sites is 2. The topological polar surface area (TPSA) is 28.7 Å². The average molecular weight is 607 g/mol. The lowest BCUT2D eigenvalue weighted by molar-refractivity contribution is 1.18. The summed E-state index contributed by atoms with van der Waals surface area (Å²) in [5.41, 5.74) is 6.27. The van der Waals surface area contributed by atoms with E-state index in [1.165, 1.54) is 41.4 Å². The molecular formula is C43H30N2S. The van der Waals surface area contributed by atoms with Crippen molar-refractivity contribution in [3.63, 3.8) is 0 Å². The number of fused-ring (bicyclic) bond motifs is 3. The maximum Gasteiger partial charge on any atom is 0.0991 e. The van der Waals surface area contributed by atoms with Crippen LogP contribution in [0.1, 0.15) is 5.56 Å². The molecule has 0 aliphatic rings. The van der Waals surface area contributed by atoms with E-state index in [4.69, 9.17) is 0 Å². The molecule has 0 spiro atoms. The van der Waals surface area contributed by atoms with Gasteiger partial charge in [-0.15, -0.1) is 10.0 Å². The Bertz CT molecular complexity index is 2200. The Hall–Kier alpha value is -5.82. The number of hydrogen-bond donors (Lipinski definition) is 0. The Morgan fingerprint density at radius 2 is 0.913 bits per heavy atom. The van der Waals surface area contributed by atoms with E-state index in [0.717, 1.165) is 16.8 Å². The Balaban J connectivity index is 1.39. The third-order valence-electron chi connectivity index (χ3n) is 8.75. The molecule has 0 aliphatic carbocycles. The van der Waals surface area contributed by atoms with Crippen LogP contribution in [0.15, 0.2) is 202 Å². The molecule has 1 heterocycles. The molecule has 0 bridgehead atoms. The monoisotopic (exact) mass is 606 g/mol. The average Bonchev–Trinajstić information content (AvgIpc) is 3.48. The van der Waals surface area contributed by atoms with Gasteiger partial charge in [0.2, 0.25) is 0 Å². The quantitative estimate of drug-likeness (QED) is 0.185. The molecule has 0 saturated carbocycles. The predicted octanol–water partition coefficient (Wildman–Crippen LogP) is 11.7. The number of aromatic nitrogens is 1. The second-order valence-electron chi connectivity index (χ2n) is 11.3. The van der Waals surface area contributed by atoms with Gasteiger partial charge in [0.1, 0.15) is 0 Å². The van der Waals surface area contributed by atoms with Crippen LogP contribution in [0.25, 0.3) is 38.6 Å². The molecule has 2 nitrogen and oxygen atoms in total. The van der Waals surface area contributed by atoms with Crippen molar-refractivity contribution in [1.82, 2.24) is 4.57 Å². The molecule has 0 atom stereocenters. The fourth-order valence-corrected chi connectivity index (χ4v) is 10.8. The van der Waals surface area contributed by atoms with E-state index in [1.807, 2.05) is 6.07 Å². The van der Waals surface area contributed by atoms with Crippen molar-refractivity contribution in [3.8, 4) is 22.9 Å². The van der Waals surface area contributed by atoms with Crippen molar-refractivity contribution >= 4 is 31.8 Å². The molecule has 8 aromatic rings. The van der Waals surface area contributed by atoms with Crippen LogP contribution in [0.3, 0.4) is 0 Å². The molecule has 46 heavy (non-hydrogen) atoms. The standard InChI is InChI=1S/C43H30N2S/c44-31-32-24-29-43(46(35-14-4-1-5-15-35,36-16-6-2-7-17-36)37-18-8-3-9-19-37)40(30-32)33-25-27-34(28-26-33)45-41-22-12-10-20-38(41)39-21-11-13-23-42(39)45/h1-30H. The van der Waals surface area contributed by atoms with E-state index in [0.29, 0.717) is 5.56 Å². The van der Waals surface area contributed by atoms with Crippen LogP contribution in [0.2, 0.25) is 0 Å². The first-order valence-electron chi connectivity index (χ1n) is 15.4. The number of nitrogens with zero attached hydrogens (tertiary/aromatic N) is 2. The third kappa shape index (κ3) is 4.43. The summed E-state index contributed by atoms with van der Waals surface area (Å²) in [6.07, 6.45) is 0. The van der Waals surface area contributed by atoms with Crippen LogP contribution >= 0.6 is 10.0 Å². The minimum absolute atomic E-state index is 0.646. The van der Waals surface area contributed by atoms with Gasteiger partial charge in [-0.05, 0) is 90.0 Å². The Labute approximate surface area is 270 Å². The molecular weight excluding hydrogens is 577 g/mol. The molecule has 1 aromatic heterocycles. The van der Waals surface area contributed by atoms with Crippen LogP contribution in [0, 0.1) is 11.3 Å². The molecule has 0 N–H and O–H groups in total. The highest BCUT2D eigenvalue weighted by molar-refractivity contribution is 8.34. The summed E-state index contributed by atoms with van der Waals surface area (Å²) in [5, 5.41) is 12.6. The van der Waals surface area contributed by atoms with Crippen molar-refractivity contribution < 1.29 is 0 Å². The first kappa shape index (κ1) is 27.7. The maximum atomic E-state index is 10.1. The molecule has 218 valence electrons. The van der Waals surface area contributed by atoms with Crippen LogP contribution in [-0.2, 0) is 0 Å². The summed E-state index contributed by atoms with van der Waals surface area (Å²) < 4.78 is 2.34. The van der Waals surface area contributed by atoms with Crippen LogP contribution in [0.5, 0.6) is 0 Å². The lowest BCUT2D eigenvalue weighted by Crippen LogP contribution is -2.07. The van der Waals surface area contributed by atoms with E-state index in [-0.39, 0.29) is 0 Å². The molecule has 0 radical (unpaired) electrons. The summed E-state index contributed by atoms with van der Waals surface area (Å²) in [4.78, 5) is 4.96. The van der Waals surface area contributed by atoms with Crippen molar-refractivity contribution in [2.24, 2.45) is 0 Å². The number of rotatable bonds is 6. The highest BCUT2D eigenvalue weighted by Crippen LogP contribution is 2.74. The van der Waals surface area contributed by atoms with Gasteiger partial charge in [0.15, 0.2) is 0 Å². The maximum absolute atomic E-state index is 10.1. The van der Waals surface area contributed by atoms with Gasteiger partial charge in [-0.25, -0.2) is 0 Å². The van der Waals surface area contributed by atoms with Crippen molar-refractivity contribution in [2.45, 2.75) is 19.6 Å². The van der Waals surface area contributed by atoms with Gasteiger partial charge in [-0.2, -0.15) is 5.26 Å². The van der Waals surface area contributed by atoms with Crippen molar-refractivity contribution in [2.75, 3.05) is 0 Å². The third-order valence-corrected chi connectivity index (χ3v) is 12.7. The summed E-state index contributed by atoms with van der Waals surface area (Å²) in [6.45, 7) is 0. The van der Waals surface area contributed by atoms with Gasteiger partial charge < -0.3 is 4.57 Å². The number of nitriles is 1. The van der Waals surface area contributed by atoms with Crippen molar-refractivity contribution in [1.29, 1.82) is 5.26 Å². The summed E-state index contributed by atoms with van der Waals surface area (Å²) in [6, 6.07) is 67.2. The Morgan fingerprint density at radius 3 is 1.39 bits per heavy atom. The van der Waals surface area contributed by atoms with Gasteiger partial charge in [-0.1, -0.05) is 103 Å². The van der Waals surface area contributed by atoms with Gasteiger partial charge in [0, 0.05) is 36.0 Å². The molecule has 0 unspecified atom stereocenters. The fraction of sp³-hybridized carbons (Fsp3) is 0. The van der Waals surface area contributed by atoms with Gasteiger partial charge >= 0.3 is 0 Å². The minimum Gasteiger partial charge on any atom is -0.309 e. The first-order valence-corrected chi connectivity index (χ1v) is 17.0. The minimum atomic E-state index is -1.94. The predicted molar refractivity (Wildman–Crippen MR) is 191 cm³/mol. The van der Waals surface area contributed by atoms with Gasteiger partial charge in [-0.3, -0.25) is 0 Å². The molecule has 8 rings (SSSR count). The van der Waals surface area contributed by atoms with Crippen LogP contribution in [-0.4, -0.2) is 4.57 Å². The summed E-state index contributed by atoms with van der Waals surface area (Å²) >= 11 is 0.